The van der Waals surface area contributed by atoms with Crippen molar-refractivity contribution in [2.24, 2.45) is 16.3 Å². The van der Waals surface area contributed by atoms with Crippen molar-refractivity contribution < 1.29 is 14.4 Å². The highest BCUT2D eigenvalue weighted by Gasteiger charge is 2.41. The molecule has 1 heterocycles. The maximum Gasteiger partial charge on any atom is 0.234 e. The Morgan fingerprint density at radius 3 is 2.43 bits per heavy atom. The molecule has 21 heavy (non-hydrogen) atoms. The van der Waals surface area contributed by atoms with Gasteiger partial charge in [-0.3, -0.25) is 4.79 Å². The van der Waals surface area contributed by atoms with Gasteiger partial charge in [0.15, 0.2) is 5.84 Å². The van der Waals surface area contributed by atoms with Gasteiger partial charge in [0, 0.05) is 0 Å². The lowest BCUT2D eigenvalue weighted by molar-refractivity contribution is -0.128. The van der Waals surface area contributed by atoms with E-state index in [4.69, 9.17) is 15.4 Å². The third-order valence-corrected chi connectivity index (χ3v) is 3.61. The first-order valence-electron chi connectivity index (χ1n) is 7.31. The SMILES string of the molecule is CCCC(CCC)(C(=O)NCc1ccc(C)o1)C(N)=NO. The summed E-state index contributed by atoms with van der Waals surface area (Å²) in [5.41, 5.74) is 4.86. The second-order valence-corrected chi connectivity index (χ2v) is 5.26. The number of hydrogen-bond acceptors (Lipinski definition) is 4. The summed E-state index contributed by atoms with van der Waals surface area (Å²) in [6.45, 7) is 6.08. The van der Waals surface area contributed by atoms with Gasteiger partial charge in [-0.15, -0.1) is 0 Å². The first kappa shape index (κ1) is 17.1. The molecule has 0 aromatic carbocycles. The molecule has 1 aromatic rings. The van der Waals surface area contributed by atoms with Crippen LogP contribution in [0.15, 0.2) is 21.7 Å². The van der Waals surface area contributed by atoms with Crippen molar-refractivity contribution in [3.05, 3.63) is 23.7 Å². The van der Waals surface area contributed by atoms with Crippen molar-refractivity contribution in [3.8, 4) is 0 Å². The van der Waals surface area contributed by atoms with Crippen LogP contribution in [0.4, 0.5) is 0 Å². The Labute approximate surface area is 125 Å². The molecule has 0 saturated carbocycles. The minimum Gasteiger partial charge on any atom is -0.465 e. The fraction of sp³-hybridized carbons (Fsp3) is 0.600. The van der Waals surface area contributed by atoms with E-state index in [0.717, 1.165) is 18.6 Å². The van der Waals surface area contributed by atoms with E-state index in [-0.39, 0.29) is 11.7 Å². The summed E-state index contributed by atoms with van der Waals surface area (Å²) < 4.78 is 5.43. The van der Waals surface area contributed by atoms with E-state index >= 15 is 0 Å². The molecule has 1 amide bonds. The standard InChI is InChI=1S/C15H25N3O3/c1-4-8-15(9-5-2,13(16)18-20)14(19)17-10-12-7-6-11(3)21-12/h6-7,20H,4-5,8-10H2,1-3H3,(H2,16,18)(H,17,19). The lowest BCUT2D eigenvalue weighted by Gasteiger charge is -2.30. The van der Waals surface area contributed by atoms with Crippen molar-refractivity contribution >= 4 is 11.7 Å². The summed E-state index contributed by atoms with van der Waals surface area (Å²) in [6, 6.07) is 3.66. The van der Waals surface area contributed by atoms with Crippen LogP contribution in [0, 0.1) is 12.3 Å². The van der Waals surface area contributed by atoms with Gasteiger partial charge < -0.3 is 20.7 Å². The van der Waals surface area contributed by atoms with Crippen LogP contribution in [0.3, 0.4) is 0 Å². The molecule has 1 rings (SSSR count). The quantitative estimate of drug-likeness (QED) is 0.297. The predicted octanol–water partition coefficient (Wildman–Crippen LogP) is 2.54. The summed E-state index contributed by atoms with van der Waals surface area (Å²) in [6.07, 6.45) is 2.62. The lowest BCUT2D eigenvalue weighted by Crippen LogP contribution is -2.49. The summed E-state index contributed by atoms with van der Waals surface area (Å²) in [4.78, 5) is 12.6. The summed E-state index contributed by atoms with van der Waals surface area (Å²) in [5, 5.41) is 14.9. The zero-order valence-electron chi connectivity index (χ0n) is 13.0. The van der Waals surface area contributed by atoms with E-state index in [9.17, 15) is 4.79 Å². The molecule has 0 bridgehead atoms. The number of amides is 1. The Morgan fingerprint density at radius 1 is 1.38 bits per heavy atom. The minimum absolute atomic E-state index is 0.0284. The molecule has 0 saturated heterocycles. The van der Waals surface area contributed by atoms with Crippen LogP contribution in [-0.2, 0) is 11.3 Å². The molecule has 0 unspecified atom stereocenters. The second kappa shape index (κ2) is 7.71. The average Bonchev–Trinajstić information content (AvgIpc) is 2.89. The minimum atomic E-state index is -0.958. The topological polar surface area (TPSA) is 101 Å². The predicted molar refractivity (Wildman–Crippen MR) is 80.9 cm³/mol. The Balaban J connectivity index is 2.88. The van der Waals surface area contributed by atoms with Crippen molar-refractivity contribution in [1.82, 2.24) is 5.32 Å². The highest BCUT2D eigenvalue weighted by Crippen LogP contribution is 2.31. The number of amidine groups is 1. The van der Waals surface area contributed by atoms with Gasteiger partial charge in [-0.1, -0.05) is 31.8 Å². The highest BCUT2D eigenvalue weighted by atomic mass is 16.4. The van der Waals surface area contributed by atoms with E-state index in [1.54, 1.807) is 0 Å². The summed E-state index contributed by atoms with van der Waals surface area (Å²) in [7, 11) is 0. The van der Waals surface area contributed by atoms with Gasteiger partial charge in [0.25, 0.3) is 0 Å². The van der Waals surface area contributed by atoms with Crippen molar-refractivity contribution in [3.63, 3.8) is 0 Å². The third-order valence-electron chi connectivity index (χ3n) is 3.61. The van der Waals surface area contributed by atoms with E-state index < -0.39 is 5.41 Å². The molecular formula is C15H25N3O3. The first-order chi connectivity index (χ1) is 10.00. The van der Waals surface area contributed by atoms with Crippen LogP contribution in [-0.4, -0.2) is 17.0 Å². The Kier molecular flexibility index (Phi) is 6.27. The van der Waals surface area contributed by atoms with Gasteiger partial charge in [0.2, 0.25) is 5.91 Å². The Hall–Kier alpha value is -1.98. The fourth-order valence-electron chi connectivity index (χ4n) is 2.59. The molecule has 6 heteroatoms. The van der Waals surface area contributed by atoms with Crippen LogP contribution in [0.1, 0.15) is 51.1 Å². The van der Waals surface area contributed by atoms with Crippen LogP contribution in [0.5, 0.6) is 0 Å². The monoisotopic (exact) mass is 295 g/mol. The number of nitrogens with two attached hydrogens (primary N) is 1. The number of nitrogens with zero attached hydrogens (tertiary/aromatic N) is 1. The Morgan fingerprint density at radius 2 is 2.00 bits per heavy atom. The summed E-state index contributed by atoms with van der Waals surface area (Å²) in [5.74, 6) is 1.22. The first-order valence-corrected chi connectivity index (χ1v) is 7.31. The summed E-state index contributed by atoms with van der Waals surface area (Å²) >= 11 is 0. The molecule has 118 valence electrons. The maximum absolute atomic E-state index is 12.6. The molecule has 0 radical (unpaired) electrons. The van der Waals surface area contributed by atoms with Gasteiger partial charge in [-0.2, -0.15) is 0 Å². The van der Waals surface area contributed by atoms with Gasteiger partial charge in [-0.05, 0) is 31.9 Å². The highest BCUT2D eigenvalue weighted by molar-refractivity contribution is 6.06. The molecular weight excluding hydrogens is 270 g/mol. The zero-order valence-corrected chi connectivity index (χ0v) is 13.0. The van der Waals surface area contributed by atoms with E-state index in [1.165, 1.54) is 0 Å². The molecule has 0 fully saturated rings. The van der Waals surface area contributed by atoms with E-state index in [0.29, 0.717) is 25.1 Å². The number of nitrogens with one attached hydrogen (secondary N) is 1. The van der Waals surface area contributed by atoms with Crippen LogP contribution >= 0.6 is 0 Å². The van der Waals surface area contributed by atoms with Crippen LogP contribution in [0.2, 0.25) is 0 Å². The van der Waals surface area contributed by atoms with Crippen LogP contribution < -0.4 is 11.1 Å². The van der Waals surface area contributed by atoms with Gasteiger partial charge in [0.05, 0.1) is 6.54 Å². The van der Waals surface area contributed by atoms with Crippen LogP contribution in [0.25, 0.3) is 0 Å². The molecule has 0 aliphatic rings. The number of oxime groups is 1. The van der Waals surface area contributed by atoms with Crippen molar-refractivity contribution in [1.29, 1.82) is 0 Å². The van der Waals surface area contributed by atoms with Gasteiger partial charge >= 0.3 is 0 Å². The smallest absolute Gasteiger partial charge is 0.234 e. The number of furan rings is 1. The zero-order chi connectivity index (χ0) is 15.9. The lowest BCUT2D eigenvalue weighted by atomic mass is 9.77. The van der Waals surface area contributed by atoms with E-state index in [2.05, 4.69) is 10.5 Å². The van der Waals surface area contributed by atoms with Crippen molar-refractivity contribution in [2.45, 2.75) is 53.0 Å². The molecule has 4 N–H and O–H groups in total. The average molecular weight is 295 g/mol. The van der Waals surface area contributed by atoms with Gasteiger partial charge in [0.1, 0.15) is 16.9 Å². The fourth-order valence-corrected chi connectivity index (χ4v) is 2.59. The largest absolute Gasteiger partial charge is 0.465 e. The molecule has 0 spiro atoms. The van der Waals surface area contributed by atoms with Crippen molar-refractivity contribution in [2.75, 3.05) is 0 Å². The molecule has 1 aromatic heterocycles. The second-order valence-electron chi connectivity index (χ2n) is 5.26. The number of hydrogen-bond donors (Lipinski definition) is 3. The van der Waals surface area contributed by atoms with E-state index in [1.807, 2.05) is 32.9 Å². The number of carbonyl (C=O) groups excluding carboxylic acids is 1. The van der Waals surface area contributed by atoms with Gasteiger partial charge in [-0.25, -0.2) is 0 Å². The maximum atomic E-state index is 12.6. The Bertz CT molecular complexity index is 488. The number of rotatable bonds is 8. The third kappa shape index (κ3) is 4.00. The normalized spacial score (nSPS) is 12.4. The number of carbonyl (C=O) groups is 1. The molecule has 0 atom stereocenters. The molecule has 6 nitrogen and oxygen atoms in total. The molecule has 0 aliphatic carbocycles. The molecule has 0 aliphatic heterocycles. The number of aryl methyl sites for hydroxylation is 1.